The van der Waals surface area contributed by atoms with Crippen molar-refractivity contribution in [2.75, 3.05) is 11.9 Å². The van der Waals surface area contributed by atoms with Crippen molar-refractivity contribution in [3.63, 3.8) is 0 Å². The predicted octanol–water partition coefficient (Wildman–Crippen LogP) is 1.33. The zero-order chi connectivity index (χ0) is 13.2. The smallest absolute Gasteiger partial charge is 0.313 e. The summed E-state index contributed by atoms with van der Waals surface area (Å²) >= 11 is 0. The first kappa shape index (κ1) is 15.7. The molecule has 3 N–H and O–H groups in total. The number of aromatic amines is 1. The van der Waals surface area contributed by atoms with E-state index in [1.807, 2.05) is 0 Å². The Morgan fingerprint density at radius 2 is 2.21 bits per heavy atom. The van der Waals surface area contributed by atoms with Crippen molar-refractivity contribution in [1.29, 1.82) is 0 Å². The van der Waals surface area contributed by atoms with E-state index in [-0.39, 0.29) is 30.8 Å². The summed E-state index contributed by atoms with van der Waals surface area (Å²) in [4.78, 5) is 14.7. The van der Waals surface area contributed by atoms with Crippen LogP contribution in [0, 0.1) is 0 Å². The molecule has 19 heavy (non-hydrogen) atoms. The van der Waals surface area contributed by atoms with Crippen LogP contribution in [0.1, 0.15) is 25.1 Å². The maximum atomic E-state index is 12.2. The van der Waals surface area contributed by atoms with Gasteiger partial charge in [-0.3, -0.25) is 15.2 Å². The van der Waals surface area contributed by atoms with Crippen molar-refractivity contribution in [2.24, 2.45) is 0 Å². The van der Waals surface area contributed by atoms with Crippen LogP contribution in [0.25, 0.3) is 0 Å². The van der Waals surface area contributed by atoms with Crippen LogP contribution < -0.4 is 10.6 Å². The van der Waals surface area contributed by atoms with Crippen molar-refractivity contribution >= 4 is 24.3 Å². The summed E-state index contributed by atoms with van der Waals surface area (Å²) < 4.78 is 36.6. The number of hydrogen-bond donors (Lipinski definition) is 3. The summed E-state index contributed by atoms with van der Waals surface area (Å²) in [5, 5.41) is 10.4. The number of nitrogens with one attached hydrogen (secondary N) is 3. The van der Waals surface area contributed by atoms with Gasteiger partial charge >= 0.3 is 6.18 Å². The van der Waals surface area contributed by atoms with E-state index in [0.717, 1.165) is 19.4 Å². The van der Waals surface area contributed by atoms with Crippen molar-refractivity contribution in [1.82, 2.24) is 20.5 Å². The fourth-order valence-electron chi connectivity index (χ4n) is 1.77. The molecule has 1 aliphatic rings. The fraction of sp³-hybridized carbons (Fsp3) is 0.667. The van der Waals surface area contributed by atoms with Gasteiger partial charge in [-0.2, -0.15) is 18.2 Å². The molecule has 0 saturated carbocycles. The second-order valence-electron chi connectivity index (χ2n) is 4.05. The molecule has 0 spiro atoms. The van der Waals surface area contributed by atoms with Crippen molar-refractivity contribution < 1.29 is 18.0 Å². The number of alkyl halides is 3. The molecule has 1 unspecified atom stereocenters. The van der Waals surface area contributed by atoms with E-state index in [1.165, 1.54) is 0 Å². The van der Waals surface area contributed by atoms with Gasteiger partial charge in [0.05, 0.1) is 0 Å². The van der Waals surface area contributed by atoms with Crippen LogP contribution >= 0.6 is 12.4 Å². The Bertz CT molecular complexity index is 430. The van der Waals surface area contributed by atoms with Crippen LogP contribution in [0.2, 0.25) is 0 Å². The van der Waals surface area contributed by atoms with E-state index in [0.29, 0.717) is 0 Å². The van der Waals surface area contributed by atoms with Gasteiger partial charge in [-0.05, 0) is 19.4 Å². The number of nitrogens with zero attached hydrogens (tertiary/aromatic N) is 2. The minimum atomic E-state index is -4.59. The van der Waals surface area contributed by atoms with E-state index in [2.05, 4.69) is 20.7 Å². The lowest BCUT2D eigenvalue weighted by Gasteiger charge is -2.08. The molecule has 1 saturated heterocycles. The van der Waals surface area contributed by atoms with Gasteiger partial charge in [-0.15, -0.1) is 17.5 Å². The largest absolute Gasteiger partial charge is 0.451 e. The molecule has 1 aromatic rings. The number of carbonyl (C=O) groups is 1. The second kappa shape index (κ2) is 6.20. The third kappa shape index (κ3) is 4.35. The Morgan fingerprint density at radius 3 is 2.74 bits per heavy atom. The molecule has 2 rings (SSSR count). The van der Waals surface area contributed by atoms with Crippen LogP contribution in [0.15, 0.2) is 0 Å². The molecule has 1 aliphatic heterocycles. The number of aromatic nitrogens is 3. The SMILES string of the molecule is Cl.O=C(CC1CCCN1)Nc1n[nH]c(C(F)(F)F)n1. The van der Waals surface area contributed by atoms with Gasteiger partial charge in [0.1, 0.15) is 0 Å². The first-order valence-electron chi connectivity index (χ1n) is 5.48. The molecular formula is C9H13ClF3N5O. The summed E-state index contributed by atoms with van der Waals surface area (Å²) in [6.45, 7) is 0.858. The molecule has 6 nitrogen and oxygen atoms in total. The zero-order valence-electron chi connectivity index (χ0n) is 9.75. The van der Waals surface area contributed by atoms with Crippen LogP contribution in [-0.2, 0) is 11.0 Å². The van der Waals surface area contributed by atoms with Crippen LogP contribution in [0.3, 0.4) is 0 Å². The lowest BCUT2D eigenvalue weighted by molar-refractivity contribution is -0.144. The molecule has 108 valence electrons. The second-order valence-corrected chi connectivity index (χ2v) is 4.05. The average Bonchev–Trinajstić information content (AvgIpc) is 2.87. The Balaban J connectivity index is 0.00000180. The van der Waals surface area contributed by atoms with E-state index in [1.54, 1.807) is 5.10 Å². The first-order chi connectivity index (χ1) is 8.45. The zero-order valence-corrected chi connectivity index (χ0v) is 10.6. The summed E-state index contributed by atoms with van der Waals surface area (Å²) in [5.74, 6) is -1.98. The number of carbonyl (C=O) groups excluding carboxylic acids is 1. The third-order valence-electron chi connectivity index (χ3n) is 2.60. The van der Waals surface area contributed by atoms with Gasteiger partial charge in [0.2, 0.25) is 17.7 Å². The van der Waals surface area contributed by atoms with Crippen LogP contribution in [-0.4, -0.2) is 33.7 Å². The van der Waals surface area contributed by atoms with Gasteiger partial charge in [-0.25, -0.2) is 0 Å². The molecule has 0 aromatic carbocycles. The van der Waals surface area contributed by atoms with Gasteiger partial charge < -0.3 is 5.32 Å². The third-order valence-corrected chi connectivity index (χ3v) is 2.60. The molecule has 1 fully saturated rings. The fourth-order valence-corrected chi connectivity index (χ4v) is 1.77. The molecule has 0 aliphatic carbocycles. The Kier molecular flexibility index (Phi) is 5.12. The molecule has 10 heteroatoms. The van der Waals surface area contributed by atoms with Gasteiger partial charge in [0.15, 0.2) is 0 Å². The normalized spacial score (nSPS) is 19.0. The highest BCUT2D eigenvalue weighted by atomic mass is 35.5. The topological polar surface area (TPSA) is 82.7 Å². The monoisotopic (exact) mass is 299 g/mol. The summed E-state index contributed by atoms with van der Waals surface area (Å²) in [5.41, 5.74) is 0. The molecule has 0 radical (unpaired) electrons. The highest BCUT2D eigenvalue weighted by molar-refractivity contribution is 5.89. The number of anilines is 1. The van der Waals surface area contributed by atoms with Gasteiger partial charge in [0, 0.05) is 12.5 Å². The quantitative estimate of drug-likeness (QED) is 0.786. The van der Waals surface area contributed by atoms with Crippen molar-refractivity contribution in [2.45, 2.75) is 31.5 Å². The molecule has 1 amide bonds. The molecule has 0 bridgehead atoms. The van der Waals surface area contributed by atoms with Gasteiger partial charge in [-0.1, -0.05) is 0 Å². The molecule has 1 atom stereocenters. The predicted molar refractivity (Wildman–Crippen MR) is 62.9 cm³/mol. The number of hydrogen-bond acceptors (Lipinski definition) is 4. The summed E-state index contributed by atoms with van der Waals surface area (Å²) in [7, 11) is 0. The molecule has 1 aromatic heterocycles. The Morgan fingerprint density at radius 1 is 1.47 bits per heavy atom. The first-order valence-corrected chi connectivity index (χ1v) is 5.48. The maximum Gasteiger partial charge on any atom is 0.451 e. The minimum absolute atomic E-state index is 0. The van der Waals surface area contributed by atoms with Gasteiger partial charge in [0.25, 0.3) is 0 Å². The van der Waals surface area contributed by atoms with Crippen LogP contribution in [0.4, 0.5) is 19.1 Å². The highest BCUT2D eigenvalue weighted by Crippen LogP contribution is 2.26. The number of amides is 1. The number of halogens is 4. The van der Waals surface area contributed by atoms with E-state index in [4.69, 9.17) is 0 Å². The standard InChI is InChI=1S/C9H12F3N5O.ClH/c10-9(11,12)7-15-8(17-16-7)14-6(18)4-5-2-1-3-13-5;/h5,13H,1-4H2,(H2,14,15,16,17,18);1H. The lowest BCUT2D eigenvalue weighted by Crippen LogP contribution is -2.27. The average molecular weight is 300 g/mol. The summed E-state index contributed by atoms with van der Waals surface area (Å²) in [6, 6.07) is 0.0750. The van der Waals surface area contributed by atoms with Crippen molar-refractivity contribution in [3.05, 3.63) is 5.82 Å². The van der Waals surface area contributed by atoms with Crippen molar-refractivity contribution in [3.8, 4) is 0 Å². The van der Waals surface area contributed by atoms with Crippen LogP contribution in [0.5, 0.6) is 0 Å². The Hall–Kier alpha value is -1.35. The van der Waals surface area contributed by atoms with E-state index < -0.39 is 17.9 Å². The molecule has 2 heterocycles. The van der Waals surface area contributed by atoms with E-state index in [9.17, 15) is 18.0 Å². The number of rotatable bonds is 3. The Labute approximate surface area is 113 Å². The summed E-state index contributed by atoms with van der Waals surface area (Å²) in [6.07, 6.45) is -2.51. The maximum absolute atomic E-state index is 12.2. The lowest BCUT2D eigenvalue weighted by atomic mass is 10.1. The van der Waals surface area contributed by atoms with E-state index >= 15 is 0 Å². The molecular weight excluding hydrogens is 287 g/mol. The minimum Gasteiger partial charge on any atom is -0.313 e. The number of H-pyrrole nitrogens is 1. The highest BCUT2D eigenvalue weighted by Gasteiger charge is 2.35.